The second kappa shape index (κ2) is 4.60. The molecule has 0 radical (unpaired) electrons. The van der Waals surface area contributed by atoms with Crippen LogP contribution in [-0.4, -0.2) is 30.7 Å². The fourth-order valence-electron chi connectivity index (χ4n) is 1.21. The summed E-state index contributed by atoms with van der Waals surface area (Å²) in [6, 6.07) is 2.30. The van der Waals surface area contributed by atoms with Gasteiger partial charge in [-0.2, -0.15) is 0 Å². The summed E-state index contributed by atoms with van der Waals surface area (Å²) in [5.74, 6) is 0. The summed E-state index contributed by atoms with van der Waals surface area (Å²) >= 11 is 0. The van der Waals surface area contributed by atoms with Gasteiger partial charge in [-0.1, -0.05) is 0 Å². The molecule has 1 N–H and O–H groups in total. The maximum Gasteiger partial charge on any atom is 0.307 e. The average Bonchev–Trinajstić information content (AvgIpc) is 2.56. The predicted molar refractivity (Wildman–Crippen MR) is 50.7 cm³/mol. The smallest absolute Gasteiger partial charge is 0.307 e. The zero-order valence-corrected chi connectivity index (χ0v) is 8.40. The lowest BCUT2D eigenvalue weighted by molar-refractivity contribution is -0.0832. The van der Waals surface area contributed by atoms with E-state index < -0.39 is 11.5 Å². The molecule has 0 unspecified atom stereocenters. The zero-order valence-electron chi connectivity index (χ0n) is 8.40. The van der Waals surface area contributed by atoms with Crippen LogP contribution in [0.4, 0.5) is 0 Å². The van der Waals surface area contributed by atoms with Crippen molar-refractivity contribution in [3.63, 3.8) is 0 Å². The van der Waals surface area contributed by atoms with E-state index in [4.69, 9.17) is 9.47 Å². The van der Waals surface area contributed by atoms with Crippen LogP contribution in [0.1, 0.15) is 20.3 Å². The van der Waals surface area contributed by atoms with Crippen LogP contribution in [0, 0.1) is 16.7 Å². The first-order valence-electron chi connectivity index (χ1n) is 4.57. The van der Waals surface area contributed by atoms with E-state index >= 15 is 0 Å². The number of ether oxygens (including phenoxy) is 2. The summed E-state index contributed by atoms with van der Waals surface area (Å²) in [5.41, 5.74) is -0.767. The highest BCUT2D eigenvalue weighted by molar-refractivity contribution is 5.05. The van der Waals surface area contributed by atoms with Crippen molar-refractivity contribution in [3.8, 4) is 6.07 Å². The normalized spacial score (nSPS) is 20.2. The van der Waals surface area contributed by atoms with Crippen molar-refractivity contribution < 1.29 is 14.6 Å². The quantitative estimate of drug-likeness (QED) is 0.691. The monoisotopic (exact) mass is 201 g/mol. The predicted octanol–water partition coefficient (Wildman–Crippen LogP) is 0.967. The molecule has 0 spiro atoms. The molecule has 80 valence electrons. The lowest BCUT2D eigenvalue weighted by atomic mass is 9.86. The maximum atomic E-state index is 10.0. The minimum atomic E-state index is -0.767. The molecule has 0 aromatic rings. The largest absolute Gasteiger partial charge is 0.498 e. The first-order valence-corrected chi connectivity index (χ1v) is 4.57. The van der Waals surface area contributed by atoms with E-state index in [1.807, 2.05) is 0 Å². The molecule has 5 nitrogen and oxygen atoms in total. The van der Waals surface area contributed by atoms with Crippen LogP contribution >= 0.6 is 0 Å². The standard InChI is InChI=1S/C9H15NO4/c1-9(2,6-10-12)7(11)5-8-13-3-4-14-8/h7-8,11H,3-5H2,1-2H3/t7-/m0/s1. The summed E-state index contributed by atoms with van der Waals surface area (Å²) in [7, 11) is 0. The van der Waals surface area contributed by atoms with E-state index in [0.29, 0.717) is 19.6 Å². The Balaban J connectivity index is 2.45. The van der Waals surface area contributed by atoms with Gasteiger partial charge in [-0.05, 0) is 13.8 Å². The fourth-order valence-corrected chi connectivity index (χ4v) is 1.21. The van der Waals surface area contributed by atoms with Crippen LogP contribution in [0.15, 0.2) is 0 Å². The van der Waals surface area contributed by atoms with Crippen molar-refractivity contribution in [1.82, 2.24) is 0 Å². The first-order chi connectivity index (χ1) is 6.56. The van der Waals surface area contributed by atoms with Gasteiger partial charge in [0.1, 0.15) is 5.41 Å². The number of aliphatic hydroxyl groups excluding tert-OH is 1. The van der Waals surface area contributed by atoms with Gasteiger partial charge < -0.3 is 19.8 Å². The van der Waals surface area contributed by atoms with Crippen LogP contribution in [0.2, 0.25) is 0 Å². The molecular weight excluding hydrogens is 186 g/mol. The Labute approximate surface area is 83.0 Å². The van der Waals surface area contributed by atoms with E-state index in [1.165, 1.54) is 0 Å². The van der Waals surface area contributed by atoms with Gasteiger partial charge in [0, 0.05) is 11.4 Å². The first kappa shape index (κ1) is 11.2. The van der Waals surface area contributed by atoms with E-state index in [9.17, 15) is 10.3 Å². The summed E-state index contributed by atoms with van der Waals surface area (Å²) < 4.78 is 10.4. The van der Waals surface area contributed by atoms with Crippen LogP contribution in [0.3, 0.4) is 0 Å². The molecule has 5 heteroatoms. The molecule has 1 fully saturated rings. The van der Waals surface area contributed by atoms with Gasteiger partial charge in [0.25, 0.3) is 0 Å². The van der Waals surface area contributed by atoms with Crippen LogP contribution < -0.4 is 0 Å². The average molecular weight is 201 g/mol. The lowest BCUT2D eigenvalue weighted by Gasteiger charge is -2.22. The fraction of sp³-hybridized carbons (Fsp3) is 0.889. The number of hydrogen-bond donors (Lipinski definition) is 1. The number of rotatable bonds is 3. The summed E-state index contributed by atoms with van der Waals surface area (Å²) in [5, 5.41) is 22.3. The van der Waals surface area contributed by atoms with Gasteiger partial charge >= 0.3 is 6.07 Å². The molecule has 1 atom stereocenters. The minimum Gasteiger partial charge on any atom is -0.498 e. The molecule has 0 aromatic carbocycles. The molecule has 1 rings (SSSR count). The van der Waals surface area contributed by atoms with Crippen LogP contribution in [-0.2, 0) is 9.47 Å². The minimum absolute atomic E-state index is 0.329. The topological polar surface area (TPSA) is 66.1 Å². The van der Waals surface area contributed by atoms with E-state index in [-0.39, 0.29) is 6.29 Å². The molecule has 0 amide bonds. The molecular formula is C9H15NO4. The van der Waals surface area contributed by atoms with Crippen molar-refractivity contribution in [2.24, 2.45) is 5.41 Å². The molecule has 0 saturated carbocycles. The third-order valence-corrected chi connectivity index (χ3v) is 2.27. The van der Waals surface area contributed by atoms with Gasteiger partial charge in [0.2, 0.25) is 0 Å². The zero-order chi connectivity index (χ0) is 10.6. The van der Waals surface area contributed by atoms with Crippen molar-refractivity contribution in [2.75, 3.05) is 13.2 Å². The number of hydrogen-bond acceptors (Lipinski definition) is 4. The van der Waals surface area contributed by atoms with Gasteiger partial charge in [0.05, 0.1) is 19.3 Å². The maximum absolute atomic E-state index is 10.0. The van der Waals surface area contributed by atoms with E-state index in [2.05, 4.69) is 11.1 Å². The van der Waals surface area contributed by atoms with Crippen molar-refractivity contribution in [2.45, 2.75) is 32.7 Å². The molecule has 1 heterocycles. The summed E-state index contributed by atoms with van der Waals surface area (Å²) in [6.45, 7) is 4.48. The van der Waals surface area contributed by atoms with Gasteiger partial charge in [0.15, 0.2) is 6.29 Å². The second-order valence-corrected chi connectivity index (χ2v) is 3.85. The Morgan fingerprint density at radius 2 is 2.14 bits per heavy atom. The van der Waals surface area contributed by atoms with Crippen molar-refractivity contribution >= 4 is 0 Å². The van der Waals surface area contributed by atoms with Crippen molar-refractivity contribution in [3.05, 3.63) is 10.2 Å². The summed E-state index contributed by atoms with van der Waals surface area (Å²) in [4.78, 5) is 0. The highest BCUT2D eigenvalue weighted by Crippen LogP contribution is 2.25. The highest BCUT2D eigenvalue weighted by Gasteiger charge is 2.35. The number of aliphatic hydroxyl groups is 1. The highest BCUT2D eigenvalue weighted by atomic mass is 16.7. The van der Waals surface area contributed by atoms with Gasteiger partial charge in [-0.25, -0.2) is 0 Å². The molecule has 14 heavy (non-hydrogen) atoms. The van der Waals surface area contributed by atoms with Crippen LogP contribution in [0.5, 0.6) is 0 Å². The Bertz CT molecular complexity index is 237. The molecule has 1 aliphatic rings. The Morgan fingerprint density at radius 3 is 2.64 bits per heavy atom. The van der Waals surface area contributed by atoms with E-state index in [1.54, 1.807) is 13.8 Å². The molecule has 1 aliphatic heterocycles. The second-order valence-electron chi connectivity index (χ2n) is 3.85. The van der Waals surface area contributed by atoms with Crippen LogP contribution in [0.25, 0.3) is 5.01 Å². The summed E-state index contributed by atoms with van der Waals surface area (Å²) in [6.07, 6.45) is -0.795. The van der Waals surface area contributed by atoms with Gasteiger partial charge in [-0.3, -0.25) is 0 Å². The van der Waals surface area contributed by atoms with Gasteiger partial charge in [-0.15, -0.1) is 0 Å². The van der Waals surface area contributed by atoms with Crippen molar-refractivity contribution in [1.29, 1.82) is 0 Å². The molecule has 0 aliphatic carbocycles. The Kier molecular flexibility index (Phi) is 3.69. The molecule has 0 bridgehead atoms. The third kappa shape index (κ3) is 2.84. The third-order valence-electron chi connectivity index (χ3n) is 2.27. The van der Waals surface area contributed by atoms with E-state index in [0.717, 1.165) is 0 Å². The molecule has 0 aromatic heterocycles. The Hall–Kier alpha value is -0.830. The number of nitrogens with zero attached hydrogens (tertiary/aromatic N) is 1. The molecule has 1 saturated heterocycles. The SMILES string of the molecule is CC(C)(C#[N+][O-])[C@@H](O)CC1OCCO1. The Morgan fingerprint density at radius 1 is 1.57 bits per heavy atom. The lowest BCUT2D eigenvalue weighted by Crippen LogP contribution is -2.31.